The minimum absolute atomic E-state index is 0.0188. The second-order valence-electron chi connectivity index (χ2n) is 10.4. The summed E-state index contributed by atoms with van der Waals surface area (Å²) in [6, 6.07) is 3.91. The van der Waals surface area contributed by atoms with Gasteiger partial charge in [-0.05, 0) is 45.7 Å². The zero-order valence-corrected chi connectivity index (χ0v) is 23.2. The van der Waals surface area contributed by atoms with Gasteiger partial charge in [-0.2, -0.15) is 9.97 Å². The van der Waals surface area contributed by atoms with Crippen LogP contribution in [0, 0.1) is 0 Å². The molecule has 12 heteroatoms. The number of nitrogens with zero attached hydrogens (tertiary/aromatic N) is 6. The molecule has 38 heavy (non-hydrogen) atoms. The number of hydrogen-bond acceptors (Lipinski definition) is 10. The molecule has 0 spiro atoms. The highest BCUT2D eigenvalue weighted by atomic mass is 32.1. The van der Waals surface area contributed by atoms with Crippen LogP contribution in [0.2, 0.25) is 0 Å². The number of carbonyl (C=O) groups is 1. The molecule has 2 fully saturated rings. The summed E-state index contributed by atoms with van der Waals surface area (Å²) in [4.78, 5) is 31.3. The Labute approximate surface area is 226 Å². The number of thiazole rings is 1. The molecule has 3 aromatic heterocycles. The van der Waals surface area contributed by atoms with Crippen LogP contribution in [0.25, 0.3) is 16.4 Å². The number of methoxy groups -OCH3 is 1. The zero-order valence-electron chi connectivity index (χ0n) is 22.3. The highest BCUT2D eigenvalue weighted by Gasteiger charge is 2.30. The number of carbonyl (C=O) groups excluding carboxylic acids is 1. The summed E-state index contributed by atoms with van der Waals surface area (Å²) in [7, 11) is 1.61. The van der Waals surface area contributed by atoms with Gasteiger partial charge in [0.2, 0.25) is 11.8 Å². The smallest absolute Gasteiger partial charge is 0.410 e. The normalized spacial score (nSPS) is 18.4. The maximum absolute atomic E-state index is 12.8. The molecule has 0 aromatic carbocycles. The summed E-state index contributed by atoms with van der Waals surface area (Å²) < 4.78 is 18.9. The van der Waals surface area contributed by atoms with E-state index in [9.17, 15) is 4.79 Å². The van der Waals surface area contributed by atoms with Gasteiger partial charge in [0.1, 0.15) is 17.0 Å². The number of amides is 1. The van der Waals surface area contributed by atoms with Crippen LogP contribution in [0.5, 0.6) is 5.88 Å². The third-order valence-electron chi connectivity index (χ3n) is 6.34. The van der Waals surface area contributed by atoms with Gasteiger partial charge in [-0.1, -0.05) is 0 Å². The minimum atomic E-state index is -0.542. The van der Waals surface area contributed by atoms with Crippen molar-refractivity contribution in [3.05, 3.63) is 29.9 Å². The first kappa shape index (κ1) is 26.2. The van der Waals surface area contributed by atoms with Gasteiger partial charge in [0.15, 0.2) is 5.13 Å². The van der Waals surface area contributed by atoms with Crippen molar-refractivity contribution >= 4 is 29.2 Å². The predicted molar refractivity (Wildman–Crippen MR) is 147 cm³/mol. The van der Waals surface area contributed by atoms with Gasteiger partial charge in [-0.25, -0.2) is 9.78 Å². The number of ether oxygens (including phenoxy) is 3. The Balaban J connectivity index is 1.47. The first-order chi connectivity index (χ1) is 18.3. The van der Waals surface area contributed by atoms with Crippen LogP contribution >= 0.6 is 11.3 Å². The highest BCUT2D eigenvalue weighted by Crippen LogP contribution is 2.38. The molecular weight excluding hydrogens is 506 g/mol. The van der Waals surface area contributed by atoms with Crippen LogP contribution in [0.1, 0.15) is 33.6 Å². The third kappa shape index (κ3) is 6.02. The average molecular weight is 542 g/mol. The first-order valence-corrected chi connectivity index (χ1v) is 13.8. The van der Waals surface area contributed by atoms with E-state index in [1.165, 1.54) is 11.3 Å². The standard InChI is InChI=1S/C26H35N7O4S/c1-26(2,3)37-25(34)33-11-7-8-18(16-33)27-21-20(19-17-38-24(28-19)32-9-5-6-10-32)22(35-4)30-23(29-21)31-12-14-36-15-13-31/h5-6,9-10,17-18H,7-8,11-16H2,1-4H3,(H,27,29,30). The Kier molecular flexibility index (Phi) is 7.70. The van der Waals surface area contributed by atoms with E-state index in [0.717, 1.165) is 23.7 Å². The molecule has 3 aromatic rings. The van der Waals surface area contributed by atoms with Crippen LogP contribution in [-0.2, 0) is 9.47 Å². The van der Waals surface area contributed by atoms with Crippen molar-refractivity contribution in [2.24, 2.45) is 0 Å². The molecule has 2 aliphatic rings. The van der Waals surface area contributed by atoms with Crippen LogP contribution in [-0.4, -0.2) is 88.7 Å². The molecule has 0 bridgehead atoms. The highest BCUT2D eigenvalue weighted by molar-refractivity contribution is 7.12. The number of piperidine rings is 1. The van der Waals surface area contributed by atoms with Crippen molar-refractivity contribution < 1.29 is 19.0 Å². The van der Waals surface area contributed by atoms with E-state index in [4.69, 9.17) is 29.2 Å². The summed E-state index contributed by atoms with van der Waals surface area (Å²) in [6.45, 7) is 9.47. The lowest BCUT2D eigenvalue weighted by Crippen LogP contribution is -2.47. The second kappa shape index (κ2) is 11.2. The van der Waals surface area contributed by atoms with E-state index in [0.29, 0.717) is 62.6 Å². The molecule has 0 radical (unpaired) electrons. The molecule has 0 saturated carbocycles. The number of morpholine rings is 1. The maximum atomic E-state index is 12.8. The molecule has 11 nitrogen and oxygen atoms in total. The van der Waals surface area contributed by atoms with Crippen molar-refractivity contribution in [3.63, 3.8) is 0 Å². The Bertz CT molecular complexity index is 1230. The summed E-state index contributed by atoms with van der Waals surface area (Å²) in [5.74, 6) is 1.67. The number of nitrogens with one attached hydrogen (secondary N) is 1. The number of anilines is 2. The Morgan fingerprint density at radius 3 is 2.61 bits per heavy atom. The van der Waals surface area contributed by atoms with Crippen molar-refractivity contribution in [2.75, 3.05) is 56.7 Å². The molecular formula is C26H35N7O4S. The van der Waals surface area contributed by atoms with Gasteiger partial charge in [0.05, 0.1) is 26.0 Å². The SMILES string of the molecule is COc1nc(N2CCOCC2)nc(NC2CCCN(C(=O)OC(C)(C)C)C2)c1-c1csc(-n2cccc2)n1. The summed E-state index contributed by atoms with van der Waals surface area (Å²) in [5, 5.41) is 6.44. The summed E-state index contributed by atoms with van der Waals surface area (Å²) in [6.07, 6.45) is 5.38. The number of rotatable bonds is 6. The minimum Gasteiger partial charge on any atom is -0.480 e. The first-order valence-electron chi connectivity index (χ1n) is 12.9. The fraction of sp³-hybridized carbons (Fsp3) is 0.538. The Morgan fingerprint density at radius 1 is 1.13 bits per heavy atom. The molecule has 1 N–H and O–H groups in total. The van der Waals surface area contributed by atoms with Gasteiger partial charge in [-0.3, -0.25) is 0 Å². The quantitative estimate of drug-likeness (QED) is 0.495. The molecule has 0 aliphatic carbocycles. The molecule has 1 unspecified atom stereocenters. The van der Waals surface area contributed by atoms with Crippen molar-refractivity contribution in [1.29, 1.82) is 0 Å². The van der Waals surface area contributed by atoms with Gasteiger partial charge in [0, 0.05) is 50.0 Å². The van der Waals surface area contributed by atoms with Crippen LogP contribution in [0.4, 0.5) is 16.6 Å². The molecule has 5 heterocycles. The monoisotopic (exact) mass is 541 g/mol. The largest absolute Gasteiger partial charge is 0.480 e. The number of likely N-dealkylation sites (tertiary alicyclic amines) is 1. The molecule has 204 valence electrons. The molecule has 2 aliphatic heterocycles. The van der Waals surface area contributed by atoms with Crippen LogP contribution in [0.3, 0.4) is 0 Å². The molecule has 1 amide bonds. The third-order valence-corrected chi connectivity index (χ3v) is 7.19. The van der Waals surface area contributed by atoms with E-state index in [1.54, 1.807) is 12.0 Å². The molecule has 2 saturated heterocycles. The van der Waals surface area contributed by atoms with Crippen molar-refractivity contribution in [3.8, 4) is 22.3 Å². The van der Waals surface area contributed by atoms with E-state index >= 15 is 0 Å². The van der Waals surface area contributed by atoms with E-state index in [2.05, 4.69) is 10.2 Å². The van der Waals surface area contributed by atoms with E-state index < -0.39 is 5.60 Å². The molecule has 1 atom stereocenters. The lowest BCUT2D eigenvalue weighted by atomic mass is 10.1. The summed E-state index contributed by atoms with van der Waals surface area (Å²) >= 11 is 1.53. The van der Waals surface area contributed by atoms with Crippen molar-refractivity contribution in [2.45, 2.75) is 45.3 Å². The van der Waals surface area contributed by atoms with Gasteiger partial charge >= 0.3 is 6.09 Å². The van der Waals surface area contributed by atoms with Crippen LogP contribution < -0.4 is 15.0 Å². The topological polar surface area (TPSA) is 107 Å². The fourth-order valence-electron chi connectivity index (χ4n) is 4.56. The predicted octanol–water partition coefficient (Wildman–Crippen LogP) is 4.05. The van der Waals surface area contributed by atoms with E-state index in [-0.39, 0.29) is 12.1 Å². The van der Waals surface area contributed by atoms with E-state index in [1.807, 2.05) is 55.2 Å². The number of aromatic nitrogens is 4. The Hall–Kier alpha value is -3.38. The lowest BCUT2D eigenvalue weighted by molar-refractivity contribution is 0.0206. The average Bonchev–Trinajstić information content (AvgIpc) is 3.60. The summed E-state index contributed by atoms with van der Waals surface area (Å²) in [5.41, 5.74) is 0.889. The molecule has 5 rings (SSSR count). The lowest BCUT2D eigenvalue weighted by Gasteiger charge is -2.35. The fourth-order valence-corrected chi connectivity index (χ4v) is 5.34. The van der Waals surface area contributed by atoms with Gasteiger partial charge in [0.25, 0.3) is 0 Å². The Morgan fingerprint density at radius 2 is 1.89 bits per heavy atom. The van der Waals surface area contributed by atoms with Gasteiger partial charge < -0.3 is 33.9 Å². The van der Waals surface area contributed by atoms with Crippen molar-refractivity contribution in [1.82, 2.24) is 24.4 Å². The second-order valence-corrected chi connectivity index (χ2v) is 11.2. The van der Waals surface area contributed by atoms with Gasteiger partial charge in [-0.15, -0.1) is 11.3 Å². The maximum Gasteiger partial charge on any atom is 0.410 e. The number of hydrogen-bond donors (Lipinski definition) is 1. The zero-order chi connectivity index (χ0) is 26.7. The van der Waals surface area contributed by atoms with Crippen LogP contribution in [0.15, 0.2) is 29.9 Å².